The molecule has 1 aromatic rings. The monoisotopic (exact) mass is 260 g/mol. The molecule has 0 bridgehead atoms. The average Bonchev–Trinajstić information content (AvgIpc) is 2.63. The Labute approximate surface area is 118 Å². The topological polar surface area (TPSA) is 15.3 Å². The zero-order valence-corrected chi connectivity index (χ0v) is 12.5. The molecule has 0 saturated carbocycles. The molecular weight excluding hydrogens is 232 g/mol. The molecule has 2 nitrogen and oxygen atoms in total. The molecule has 0 aromatic heterocycles. The molecule has 1 aliphatic heterocycles. The van der Waals surface area contributed by atoms with Crippen molar-refractivity contribution in [2.24, 2.45) is 0 Å². The highest BCUT2D eigenvalue weighted by Gasteiger charge is 2.14. The van der Waals surface area contributed by atoms with Crippen LogP contribution in [-0.4, -0.2) is 31.1 Å². The van der Waals surface area contributed by atoms with Crippen molar-refractivity contribution >= 4 is 5.69 Å². The molecule has 106 valence electrons. The SMILES string of the molecule is CCCCc1ccc(NC2CCCN(C)CC2)cc1. The van der Waals surface area contributed by atoms with E-state index in [4.69, 9.17) is 0 Å². The number of hydrogen-bond acceptors (Lipinski definition) is 2. The molecule has 1 N–H and O–H groups in total. The number of nitrogens with zero attached hydrogens (tertiary/aromatic N) is 1. The van der Waals surface area contributed by atoms with Crippen molar-refractivity contribution in [3.05, 3.63) is 29.8 Å². The van der Waals surface area contributed by atoms with Gasteiger partial charge in [-0.25, -0.2) is 0 Å². The van der Waals surface area contributed by atoms with Crippen LogP contribution in [0, 0.1) is 0 Å². The Morgan fingerprint density at radius 1 is 1.16 bits per heavy atom. The maximum Gasteiger partial charge on any atom is 0.0342 e. The van der Waals surface area contributed by atoms with Crippen LogP contribution in [0.2, 0.25) is 0 Å². The van der Waals surface area contributed by atoms with Crippen molar-refractivity contribution in [3.63, 3.8) is 0 Å². The Hall–Kier alpha value is -1.02. The molecule has 0 amide bonds. The lowest BCUT2D eigenvalue weighted by Gasteiger charge is -2.18. The number of aryl methyl sites for hydroxylation is 1. The molecular formula is C17H28N2. The van der Waals surface area contributed by atoms with Crippen molar-refractivity contribution < 1.29 is 0 Å². The summed E-state index contributed by atoms with van der Waals surface area (Å²) in [5.41, 5.74) is 2.75. The van der Waals surface area contributed by atoms with E-state index in [1.807, 2.05) is 0 Å². The molecule has 19 heavy (non-hydrogen) atoms. The highest BCUT2D eigenvalue weighted by Crippen LogP contribution is 2.17. The molecule has 0 spiro atoms. The maximum absolute atomic E-state index is 3.70. The van der Waals surface area contributed by atoms with Gasteiger partial charge in [-0.1, -0.05) is 25.5 Å². The highest BCUT2D eigenvalue weighted by molar-refractivity contribution is 5.45. The maximum atomic E-state index is 3.70. The fourth-order valence-electron chi connectivity index (χ4n) is 2.77. The van der Waals surface area contributed by atoms with Gasteiger partial charge >= 0.3 is 0 Å². The second-order valence-electron chi connectivity index (χ2n) is 5.88. The van der Waals surface area contributed by atoms with Crippen LogP contribution in [0.15, 0.2) is 24.3 Å². The van der Waals surface area contributed by atoms with E-state index in [9.17, 15) is 0 Å². The molecule has 1 aliphatic rings. The lowest BCUT2D eigenvalue weighted by Crippen LogP contribution is -2.22. The Morgan fingerprint density at radius 3 is 2.68 bits per heavy atom. The summed E-state index contributed by atoms with van der Waals surface area (Å²) >= 11 is 0. The van der Waals surface area contributed by atoms with Gasteiger partial charge in [-0.15, -0.1) is 0 Å². The van der Waals surface area contributed by atoms with Crippen LogP contribution in [0.25, 0.3) is 0 Å². The number of unbranched alkanes of at least 4 members (excludes halogenated alkanes) is 1. The van der Waals surface area contributed by atoms with Crippen LogP contribution in [0.1, 0.15) is 44.6 Å². The van der Waals surface area contributed by atoms with Crippen molar-refractivity contribution in [2.75, 3.05) is 25.5 Å². The van der Waals surface area contributed by atoms with Gasteiger partial charge in [-0.05, 0) is 69.9 Å². The van der Waals surface area contributed by atoms with E-state index in [2.05, 4.69) is 48.5 Å². The molecule has 1 saturated heterocycles. The minimum atomic E-state index is 0.645. The summed E-state index contributed by atoms with van der Waals surface area (Å²) in [4.78, 5) is 2.44. The first kappa shape index (κ1) is 14.4. The molecule has 0 aliphatic carbocycles. The fourth-order valence-corrected chi connectivity index (χ4v) is 2.77. The van der Waals surface area contributed by atoms with Gasteiger partial charge in [0.25, 0.3) is 0 Å². The van der Waals surface area contributed by atoms with E-state index in [1.165, 1.54) is 62.9 Å². The molecule has 1 unspecified atom stereocenters. The largest absolute Gasteiger partial charge is 0.382 e. The van der Waals surface area contributed by atoms with Gasteiger partial charge in [0.1, 0.15) is 0 Å². The molecule has 1 aromatic carbocycles. The summed E-state index contributed by atoms with van der Waals surface area (Å²) in [6.45, 7) is 4.71. The Morgan fingerprint density at radius 2 is 1.95 bits per heavy atom. The molecule has 2 heteroatoms. The normalized spacial score (nSPS) is 21.1. The van der Waals surface area contributed by atoms with Gasteiger partial charge in [0, 0.05) is 11.7 Å². The van der Waals surface area contributed by atoms with Crippen molar-refractivity contribution in [3.8, 4) is 0 Å². The van der Waals surface area contributed by atoms with Gasteiger partial charge < -0.3 is 10.2 Å². The lowest BCUT2D eigenvalue weighted by molar-refractivity contribution is 0.348. The predicted molar refractivity (Wildman–Crippen MR) is 83.8 cm³/mol. The molecule has 1 heterocycles. The first-order valence-electron chi connectivity index (χ1n) is 7.82. The van der Waals surface area contributed by atoms with Crippen LogP contribution in [-0.2, 0) is 6.42 Å². The standard InChI is InChI=1S/C17H28N2/c1-3-4-6-15-8-10-17(11-9-15)18-16-7-5-13-19(2)14-12-16/h8-11,16,18H,3-7,12-14H2,1-2H3. The van der Waals surface area contributed by atoms with E-state index in [0.29, 0.717) is 6.04 Å². The number of nitrogens with one attached hydrogen (secondary N) is 1. The van der Waals surface area contributed by atoms with Gasteiger partial charge in [-0.2, -0.15) is 0 Å². The van der Waals surface area contributed by atoms with Crippen LogP contribution in [0.5, 0.6) is 0 Å². The van der Waals surface area contributed by atoms with Crippen molar-refractivity contribution in [1.29, 1.82) is 0 Å². The first-order valence-corrected chi connectivity index (χ1v) is 7.82. The number of rotatable bonds is 5. The zero-order valence-electron chi connectivity index (χ0n) is 12.5. The van der Waals surface area contributed by atoms with E-state index in [1.54, 1.807) is 0 Å². The number of anilines is 1. The third kappa shape index (κ3) is 4.87. The second-order valence-corrected chi connectivity index (χ2v) is 5.88. The fraction of sp³-hybridized carbons (Fsp3) is 0.647. The molecule has 2 rings (SSSR count). The van der Waals surface area contributed by atoms with Crippen LogP contribution in [0.3, 0.4) is 0 Å². The van der Waals surface area contributed by atoms with Gasteiger partial charge in [0.2, 0.25) is 0 Å². The Bertz CT molecular complexity index is 358. The lowest BCUT2D eigenvalue weighted by atomic mass is 10.1. The molecule has 0 radical (unpaired) electrons. The summed E-state index contributed by atoms with van der Waals surface area (Å²) in [5.74, 6) is 0. The second kappa shape index (κ2) is 7.54. The highest BCUT2D eigenvalue weighted by atomic mass is 15.1. The van der Waals surface area contributed by atoms with Crippen LogP contribution < -0.4 is 5.32 Å². The van der Waals surface area contributed by atoms with Gasteiger partial charge in [0.05, 0.1) is 0 Å². The summed E-state index contributed by atoms with van der Waals surface area (Å²) in [5, 5.41) is 3.70. The zero-order chi connectivity index (χ0) is 13.5. The average molecular weight is 260 g/mol. The summed E-state index contributed by atoms with van der Waals surface area (Å²) < 4.78 is 0. The summed E-state index contributed by atoms with van der Waals surface area (Å²) in [7, 11) is 2.23. The van der Waals surface area contributed by atoms with Gasteiger partial charge in [-0.3, -0.25) is 0 Å². The molecule has 1 fully saturated rings. The summed E-state index contributed by atoms with van der Waals surface area (Å²) in [6, 6.07) is 9.70. The van der Waals surface area contributed by atoms with E-state index < -0.39 is 0 Å². The minimum Gasteiger partial charge on any atom is -0.382 e. The van der Waals surface area contributed by atoms with Crippen molar-refractivity contribution in [1.82, 2.24) is 4.90 Å². The van der Waals surface area contributed by atoms with Gasteiger partial charge in [0.15, 0.2) is 0 Å². The smallest absolute Gasteiger partial charge is 0.0342 e. The first-order chi connectivity index (χ1) is 9.28. The number of hydrogen-bond donors (Lipinski definition) is 1. The molecule has 1 atom stereocenters. The predicted octanol–water partition coefficient (Wildman–Crippen LogP) is 3.93. The summed E-state index contributed by atoms with van der Waals surface area (Å²) in [6.07, 6.45) is 7.64. The van der Waals surface area contributed by atoms with E-state index in [-0.39, 0.29) is 0 Å². The Kier molecular flexibility index (Phi) is 5.71. The third-order valence-electron chi connectivity index (χ3n) is 4.10. The third-order valence-corrected chi connectivity index (χ3v) is 4.10. The van der Waals surface area contributed by atoms with Crippen molar-refractivity contribution in [2.45, 2.75) is 51.5 Å². The van der Waals surface area contributed by atoms with E-state index >= 15 is 0 Å². The Balaban J connectivity index is 1.84. The van der Waals surface area contributed by atoms with Crippen LogP contribution >= 0.6 is 0 Å². The number of benzene rings is 1. The quantitative estimate of drug-likeness (QED) is 0.863. The minimum absolute atomic E-state index is 0.645. The van der Waals surface area contributed by atoms with E-state index in [0.717, 1.165) is 0 Å². The number of likely N-dealkylation sites (tertiary alicyclic amines) is 1. The van der Waals surface area contributed by atoms with Crippen LogP contribution in [0.4, 0.5) is 5.69 Å².